The summed E-state index contributed by atoms with van der Waals surface area (Å²) < 4.78 is 1.65. The normalized spacial score (nSPS) is 10.6. The van der Waals surface area contributed by atoms with Crippen LogP contribution < -0.4 is 0 Å². The molecule has 5 heteroatoms. The summed E-state index contributed by atoms with van der Waals surface area (Å²) >= 11 is 11.9. The molecule has 1 heterocycles. The van der Waals surface area contributed by atoms with Gasteiger partial charge in [0.25, 0.3) is 0 Å². The van der Waals surface area contributed by atoms with Crippen LogP contribution in [0.1, 0.15) is 11.3 Å². The van der Waals surface area contributed by atoms with Crippen molar-refractivity contribution in [1.29, 1.82) is 0 Å². The number of rotatable bonds is 2. The first kappa shape index (κ1) is 10.5. The fourth-order valence-corrected chi connectivity index (χ4v) is 1.83. The molecule has 0 aliphatic rings. The lowest BCUT2D eigenvalue weighted by atomic mass is 10.2. The standard InChI is InChI=1S/C10H9Cl2N3/c1-7-2-3-10(9(12)4-7)15-8(5-11)6-13-14-15/h2-4,6H,5H2,1H3. The summed E-state index contributed by atoms with van der Waals surface area (Å²) in [5.74, 6) is 0.358. The van der Waals surface area contributed by atoms with Crippen molar-refractivity contribution in [3.05, 3.63) is 40.7 Å². The van der Waals surface area contributed by atoms with Gasteiger partial charge >= 0.3 is 0 Å². The quantitative estimate of drug-likeness (QED) is 0.758. The lowest BCUT2D eigenvalue weighted by Crippen LogP contribution is -2.01. The Bertz CT molecular complexity index is 479. The molecular formula is C10H9Cl2N3. The highest BCUT2D eigenvalue weighted by Gasteiger charge is 2.08. The predicted octanol–water partition coefficient (Wildman–Crippen LogP) is 2.97. The van der Waals surface area contributed by atoms with Gasteiger partial charge < -0.3 is 0 Å². The Balaban J connectivity index is 2.54. The minimum Gasteiger partial charge on any atom is -0.215 e. The molecule has 0 saturated carbocycles. The number of halogens is 2. The maximum absolute atomic E-state index is 6.12. The van der Waals surface area contributed by atoms with Crippen LogP contribution in [0.25, 0.3) is 5.69 Å². The first-order valence-electron chi connectivity index (χ1n) is 4.44. The van der Waals surface area contributed by atoms with Gasteiger partial charge in [-0.25, -0.2) is 4.68 Å². The van der Waals surface area contributed by atoms with Crippen LogP contribution in [0.15, 0.2) is 24.4 Å². The third-order valence-corrected chi connectivity index (χ3v) is 2.66. The fraction of sp³-hybridized carbons (Fsp3) is 0.200. The smallest absolute Gasteiger partial charge is 0.0853 e. The molecule has 78 valence electrons. The fourth-order valence-electron chi connectivity index (χ4n) is 1.33. The Morgan fingerprint density at radius 2 is 2.20 bits per heavy atom. The Morgan fingerprint density at radius 1 is 1.40 bits per heavy atom. The van der Waals surface area contributed by atoms with Crippen LogP contribution in [0, 0.1) is 6.92 Å². The molecule has 0 unspecified atom stereocenters. The lowest BCUT2D eigenvalue weighted by Gasteiger charge is -2.06. The van der Waals surface area contributed by atoms with E-state index in [0.29, 0.717) is 10.9 Å². The monoisotopic (exact) mass is 241 g/mol. The van der Waals surface area contributed by atoms with Gasteiger partial charge in [0.05, 0.1) is 28.5 Å². The van der Waals surface area contributed by atoms with E-state index in [1.165, 1.54) is 0 Å². The second-order valence-electron chi connectivity index (χ2n) is 3.23. The summed E-state index contributed by atoms with van der Waals surface area (Å²) in [5, 5.41) is 8.39. The molecule has 15 heavy (non-hydrogen) atoms. The molecule has 3 nitrogen and oxygen atoms in total. The lowest BCUT2D eigenvalue weighted by molar-refractivity contribution is 0.781. The Kier molecular flexibility index (Phi) is 2.93. The zero-order valence-corrected chi connectivity index (χ0v) is 9.63. The van der Waals surface area contributed by atoms with Crippen molar-refractivity contribution < 1.29 is 0 Å². The minimum atomic E-state index is 0.358. The van der Waals surface area contributed by atoms with E-state index in [1.807, 2.05) is 25.1 Å². The van der Waals surface area contributed by atoms with Crippen molar-refractivity contribution in [1.82, 2.24) is 15.0 Å². The van der Waals surface area contributed by atoms with E-state index in [2.05, 4.69) is 10.3 Å². The summed E-state index contributed by atoms with van der Waals surface area (Å²) in [7, 11) is 0. The summed E-state index contributed by atoms with van der Waals surface area (Å²) in [6.07, 6.45) is 1.63. The highest BCUT2D eigenvalue weighted by molar-refractivity contribution is 6.32. The van der Waals surface area contributed by atoms with Gasteiger partial charge in [0.1, 0.15) is 0 Å². The molecule has 2 aromatic rings. The molecule has 2 rings (SSSR count). The Morgan fingerprint density at radius 3 is 2.87 bits per heavy atom. The van der Waals surface area contributed by atoms with Crippen LogP contribution in [0.2, 0.25) is 5.02 Å². The Labute approximate surface area is 97.6 Å². The number of aromatic nitrogens is 3. The van der Waals surface area contributed by atoms with Crippen molar-refractivity contribution in [3.63, 3.8) is 0 Å². The van der Waals surface area contributed by atoms with Crippen LogP contribution in [-0.4, -0.2) is 15.0 Å². The van der Waals surface area contributed by atoms with Gasteiger partial charge in [-0.05, 0) is 24.6 Å². The molecule has 0 spiro atoms. The van der Waals surface area contributed by atoms with Gasteiger partial charge in [0, 0.05) is 0 Å². The van der Waals surface area contributed by atoms with Crippen LogP contribution in [-0.2, 0) is 5.88 Å². The number of benzene rings is 1. The molecule has 0 fully saturated rings. The van der Waals surface area contributed by atoms with Crippen molar-refractivity contribution in [2.75, 3.05) is 0 Å². The zero-order chi connectivity index (χ0) is 10.8. The third kappa shape index (κ3) is 1.98. The molecule has 0 aliphatic heterocycles. The first-order chi connectivity index (χ1) is 7.22. The van der Waals surface area contributed by atoms with Gasteiger partial charge in [0.2, 0.25) is 0 Å². The topological polar surface area (TPSA) is 30.7 Å². The Hall–Kier alpha value is -1.06. The van der Waals surface area contributed by atoms with Gasteiger partial charge in [-0.15, -0.1) is 16.7 Å². The van der Waals surface area contributed by atoms with Gasteiger partial charge in [-0.1, -0.05) is 22.9 Å². The van der Waals surface area contributed by atoms with Crippen molar-refractivity contribution in [2.24, 2.45) is 0 Å². The molecule has 0 amide bonds. The van der Waals surface area contributed by atoms with Crippen LogP contribution in [0.5, 0.6) is 0 Å². The number of alkyl halides is 1. The molecular weight excluding hydrogens is 233 g/mol. The zero-order valence-electron chi connectivity index (χ0n) is 8.11. The van der Waals surface area contributed by atoms with Crippen LogP contribution >= 0.6 is 23.2 Å². The van der Waals surface area contributed by atoms with E-state index in [0.717, 1.165) is 16.9 Å². The van der Waals surface area contributed by atoms with Crippen molar-refractivity contribution in [3.8, 4) is 5.69 Å². The average Bonchev–Trinajstić information content (AvgIpc) is 2.65. The molecule has 0 bridgehead atoms. The molecule has 1 aromatic carbocycles. The molecule has 0 atom stereocenters. The molecule has 0 aliphatic carbocycles. The molecule has 1 aromatic heterocycles. The summed E-state index contributed by atoms with van der Waals surface area (Å²) in [6, 6.07) is 5.76. The van der Waals surface area contributed by atoms with Crippen molar-refractivity contribution in [2.45, 2.75) is 12.8 Å². The second-order valence-corrected chi connectivity index (χ2v) is 3.90. The van der Waals surface area contributed by atoms with Gasteiger partial charge in [0.15, 0.2) is 0 Å². The van der Waals surface area contributed by atoms with E-state index in [4.69, 9.17) is 23.2 Å². The summed E-state index contributed by atoms with van der Waals surface area (Å²) in [6.45, 7) is 1.99. The average molecular weight is 242 g/mol. The van der Waals surface area contributed by atoms with Gasteiger partial charge in [-0.3, -0.25) is 0 Å². The summed E-state index contributed by atoms with van der Waals surface area (Å²) in [4.78, 5) is 0. The van der Waals surface area contributed by atoms with E-state index in [9.17, 15) is 0 Å². The van der Waals surface area contributed by atoms with Gasteiger partial charge in [-0.2, -0.15) is 0 Å². The predicted molar refractivity (Wildman–Crippen MR) is 60.7 cm³/mol. The number of nitrogens with zero attached hydrogens (tertiary/aromatic N) is 3. The molecule has 0 N–H and O–H groups in total. The van der Waals surface area contributed by atoms with E-state index < -0.39 is 0 Å². The minimum absolute atomic E-state index is 0.358. The third-order valence-electron chi connectivity index (χ3n) is 2.09. The molecule has 0 radical (unpaired) electrons. The summed E-state index contributed by atoms with van der Waals surface area (Å²) in [5.41, 5.74) is 2.73. The SMILES string of the molecule is Cc1ccc(-n2nncc2CCl)c(Cl)c1. The number of hydrogen-bond acceptors (Lipinski definition) is 2. The molecule has 0 saturated heterocycles. The highest BCUT2D eigenvalue weighted by atomic mass is 35.5. The van der Waals surface area contributed by atoms with E-state index in [-0.39, 0.29) is 0 Å². The number of aryl methyl sites for hydroxylation is 1. The maximum atomic E-state index is 6.12. The maximum Gasteiger partial charge on any atom is 0.0853 e. The first-order valence-corrected chi connectivity index (χ1v) is 5.35. The van der Waals surface area contributed by atoms with Crippen LogP contribution in [0.3, 0.4) is 0 Å². The number of hydrogen-bond donors (Lipinski definition) is 0. The van der Waals surface area contributed by atoms with E-state index in [1.54, 1.807) is 10.9 Å². The largest absolute Gasteiger partial charge is 0.215 e. The second kappa shape index (κ2) is 4.21. The van der Waals surface area contributed by atoms with E-state index >= 15 is 0 Å². The highest BCUT2D eigenvalue weighted by Crippen LogP contribution is 2.22. The van der Waals surface area contributed by atoms with Crippen molar-refractivity contribution >= 4 is 23.2 Å². The van der Waals surface area contributed by atoms with Crippen LogP contribution in [0.4, 0.5) is 0 Å².